The number of aliphatic hydroxyl groups excluding tert-OH is 1. The van der Waals surface area contributed by atoms with E-state index in [2.05, 4.69) is 11.3 Å². The van der Waals surface area contributed by atoms with Crippen LogP contribution >= 0.6 is 0 Å². The molecule has 1 saturated carbocycles. The number of carboxylic acid groups (broad SMARTS) is 1. The Balaban J connectivity index is 1.54. The van der Waals surface area contributed by atoms with Crippen molar-refractivity contribution >= 4 is 21.6 Å². The fourth-order valence-corrected chi connectivity index (χ4v) is 5.59. The molecule has 8 heteroatoms. The summed E-state index contributed by atoms with van der Waals surface area (Å²) in [7, 11) is -3.58. The van der Waals surface area contributed by atoms with Crippen molar-refractivity contribution in [2.45, 2.75) is 30.3 Å². The average molecular weight is 429 g/mol. The predicted molar refractivity (Wildman–Crippen MR) is 111 cm³/mol. The van der Waals surface area contributed by atoms with Crippen molar-refractivity contribution in [3.8, 4) is 5.75 Å². The maximum absolute atomic E-state index is 12.5. The molecule has 4 rings (SSSR count). The van der Waals surface area contributed by atoms with Crippen molar-refractivity contribution in [1.82, 2.24) is 4.72 Å². The molecule has 1 aliphatic heterocycles. The number of sulfonamides is 1. The molecule has 0 radical (unpaired) electrons. The zero-order valence-corrected chi connectivity index (χ0v) is 17.0. The van der Waals surface area contributed by atoms with Gasteiger partial charge in [0.25, 0.3) is 0 Å². The highest BCUT2D eigenvalue weighted by Gasteiger charge is 2.50. The average Bonchev–Trinajstić information content (AvgIpc) is 3.20. The molecule has 0 saturated heterocycles. The standard InChI is InChI=1S/C22H23NO6S/c1-13(22(25)26)15-8-5-9-16-20-17(18(24)10-19(20)29-21(15)16)11-23-30(27,28)12-14-6-3-2-4-7-14/h2-9,17-20,23-24H,1,10-12H2,(H,25,26). The first-order valence-corrected chi connectivity index (χ1v) is 11.3. The van der Waals surface area contributed by atoms with E-state index >= 15 is 0 Å². The van der Waals surface area contributed by atoms with E-state index in [1.54, 1.807) is 36.4 Å². The van der Waals surface area contributed by atoms with E-state index in [0.717, 1.165) is 5.56 Å². The molecule has 2 aromatic rings. The number of aliphatic carboxylic acids is 1. The zero-order valence-electron chi connectivity index (χ0n) is 16.2. The van der Waals surface area contributed by atoms with Crippen molar-refractivity contribution in [2.24, 2.45) is 5.92 Å². The third-order valence-electron chi connectivity index (χ3n) is 5.83. The summed E-state index contributed by atoms with van der Waals surface area (Å²) in [4.78, 5) is 11.4. The van der Waals surface area contributed by atoms with E-state index in [1.807, 2.05) is 12.1 Å². The molecule has 4 atom stereocenters. The molecule has 4 unspecified atom stereocenters. The van der Waals surface area contributed by atoms with Crippen LogP contribution in [0.1, 0.15) is 29.0 Å². The Morgan fingerprint density at radius 1 is 1.17 bits per heavy atom. The highest BCUT2D eigenvalue weighted by Crippen LogP contribution is 2.52. The van der Waals surface area contributed by atoms with Gasteiger partial charge >= 0.3 is 5.97 Å². The molecule has 0 spiro atoms. The number of benzene rings is 2. The van der Waals surface area contributed by atoms with Crippen molar-refractivity contribution in [2.75, 3.05) is 6.54 Å². The van der Waals surface area contributed by atoms with E-state index in [1.165, 1.54) is 0 Å². The Hall–Kier alpha value is -2.68. The summed E-state index contributed by atoms with van der Waals surface area (Å²) in [6.07, 6.45) is -0.705. The lowest BCUT2D eigenvalue weighted by molar-refractivity contribution is -0.130. The maximum Gasteiger partial charge on any atom is 0.335 e. The SMILES string of the molecule is C=C(C(=O)O)c1cccc2c1OC1CC(O)C(CNS(=O)(=O)Cc3ccccc3)C21. The van der Waals surface area contributed by atoms with Gasteiger partial charge in [-0.05, 0) is 5.56 Å². The fourth-order valence-electron chi connectivity index (χ4n) is 4.41. The lowest BCUT2D eigenvalue weighted by Crippen LogP contribution is -2.35. The van der Waals surface area contributed by atoms with Gasteiger partial charge in [-0.2, -0.15) is 0 Å². The molecule has 2 aliphatic rings. The minimum atomic E-state index is -3.58. The number of aliphatic hydroxyl groups is 1. The van der Waals surface area contributed by atoms with Gasteiger partial charge in [0, 0.05) is 35.9 Å². The largest absolute Gasteiger partial charge is 0.489 e. The third kappa shape index (κ3) is 3.86. The first-order valence-electron chi connectivity index (χ1n) is 9.68. The van der Waals surface area contributed by atoms with E-state index in [0.29, 0.717) is 23.3 Å². The molecular weight excluding hydrogens is 406 g/mol. The molecule has 30 heavy (non-hydrogen) atoms. The van der Waals surface area contributed by atoms with Gasteiger partial charge in [0.2, 0.25) is 10.0 Å². The summed E-state index contributed by atoms with van der Waals surface area (Å²) in [5.41, 5.74) is 1.81. The molecule has 0 amide bonds. The molecule has 0 aromatic heterocycles. The third-order valence-corrected chi connectivity index (χ3v) is 7.15. The summed E-state index contributed by atoms with van der Waals surface area (Å²) < 4.78 is 33.7. The summed E-state index contributed by atoms with van der Waals surface area (Å²) >= 11 is 0. The minimum Gasteiger partial charge on any atom is -0.489 e. The number of ether oxygens (including phenoxy) is 1. The molecular formula is C22H23NO6S. The minimum absolute atomic E-state index is 0.0625. The second kappa shape index (κ2) is 7.86. The number of carboxylic acids is 1. The summed E-state index contributed by atoms with van der Waals surface area (Å²) in [6, 6.07) is 14.1. The molecule has 2 aromatic carbocycles. The summed E-state index contributed by atoms with van der Waals surface area (Å²) in [5, 5.41) is 19.8. The number of nitrogens with one attached hydrogen (secondary N) is 1. The van der Waals surface area contributed by atoms with Crippen LogP contribution < -0.4 is 9.46 Å². The first-order chi connectivity index (χ1) is 14.3. The van der Waals surface area contributed by atoms with Crippen molar-refractivity contribution in [3.05, 3.63) is 71.8 Å². The Bertz CT molecular complexity index is 1080. The van der Waals surface area contributed by atoms with Crippen LogP contribution in [0.25, 0.3) is 5.57 Å². The summed E-state index contributed by atoms with van der Waals surface area (Å²) in [5.74, 6) is -1.41. The predicted octanol–water partition coefficient (Wildman–Crippen LogP) is 2.13. The highest BCUT2D eigenvalue weighted by atomic mass is 32.2. The second-order valence-corrected chi connectivity index (χ2v) is 9.56. The van der Waals surface area contributed by atoms with Crippen LogP contribution in [0.2, 0.25) is 0 Å². The maximum atomic E-state index is 12.5. The molecule has 1 heterocycles. The quantitative estimate of drug-likeness (QED) is 0.581. The molecule has 0 bridgehead atoms. The van der Waals surface area contributed by atoms with E-state index in [4.69, 9.17) is 4.74 Å². The molecule has 7 nitrogen and oxygen atoms in total. The lowest BCUT2D eigenvalue weighted by Gasteiger charge is -2.21. The van der Waals surface area contributed by atoms with Gasteiger partial charge in [-0.3, -0.25) is 0 Å². The number of fused-ring (bicyclic) bond motifs is 3. The number of hydrogen-bond donors (Lipinski definition) is 3. The van der Waals surface area contributed by atoms with Crippen LogP contribution in [0.4, 0.5) is 0 Å². The normalized spacial score (nSPS) is 24.7. The monoisotopic (exact) mass is 429 g/mol. The van der Waals surface area contributed by atoms with Crippen molar-refractivity contribution < 1.29 is 28.2 Å². The van der Waals surface area contributed by atoms with Crippen LogP contribution in [-0.4, -0.2) is 43.4 Å². The molecule has 3 N–H and O–H groups in total. The second-order valence-electron chi connectivity index (χ2n) is 7.75. The molecule has 1 fully saturated rings. The fraction of sp³-hybridized carbons (Fsp3) is 0.318. The number of hydrogen-bond acceptors (Lipinski definition) is 5. The van der Waals surface area contributed by atoms with Gasteiger partial charge in [0.1, 0.15) is 11.9 Å². The van der Waals surface area contributed by atoms with Gasteiger partial charge < -0.3 is 14.9 Å². The zero-order chi connectivity index (χ0) is 21.5. The number of carbonyl (C=O) groups is 1. The Morgan fingerprint density at radius 2 is 1.90 bits per heavy atom. The van der Waals surface area contributed by atoms with Crippen LogP contribution in [-0.2, 0) is 20.6 Å². The van der Waals surface area contributed by atoms with Gasteiger partial charge in [-0.1, -0.05) is 55.1 Å². The summed E-state index contributed by atoms with van der Waals surface area (Å²) in [6.45, 7) is 3.69. The number of para-hydroxylation sites is 1. The number of rotatable bonds is 7. The van der Waals surface area contributed by atoms with Gasteiger partial charge in [0.05, 0.1) is 17.4 Å². The Kier molecular flexibility index (Phi) is 5.40. The van der Waals surface area contributed by atoms with Crippen LogP contribution in [0.15, 0.2) is 55.1 Å². The smallest absolute Gasteiger partial charge is 0.335 e. The van der Waals surface area contributed by atoms with Gasteiger partial charge in [-0.15, -0.1) is 0 Å². The van der Waals surface area contributed by atoms with Crippen molar-refractivity contribution in [1.29, 1.82) is 0 Å². The molecule has 158 valence electrons. The topological polar surface area (TPSA) is 113 Å². The van der Waals surface area contributed by atoms with Gasteiger partial charge in [-0.25, -0.2) is 17.9 Å². The van der Waals surface area contributed by atoms with Crippen LogP contribution in [0.5, 0.6) is 5.75 Å². The molecule has 1 aliphatic carbocycles. The van der Waals surface area contributed by atoms with E-state index in [-0.39, 0.29) is 35.8 Å². The van der Waals surface area contributed by atoms with Gasteiger partial charge in [0.15, 0.2) is 0 Å². The highest BCUT2D eigenvalue weighted by molar-refractivity contribution is 7.88. The van der Waals surface area contributed by atoms with Crippen molar-refractivity contribution in [3.63, 3.8) is 0 Å². The van der Waals surface area contributed by atoms with Crippen LogP contribution in [0.3, 0.4) is 0 Å². The van der Waals surface area contributed by atoms with E-state index in [9.17, 15) is 23.4 Å². The Morgan fingerprint density at radius 3 is 2.60 bits per heavy atom. The Labute approximate surface area is 175 Å². The lowest BCUT2D eigenvalue weighted by atomic mass is 9.87. The first kappa shape index (κ1) is 20.6. The van der Waals surface area contributed by atoms with E-state index < -0.39 is 22.1 Å². The van der Waals surface area contributed by atoms with Crippen LogP contribution in [0, 0.1) is 5.92 Å².